The summed E-state index contributed by atoms with van der Waals surface area (Å²) in [6.45, 7) is 2.54. The number of piperidine rings is 1. The number of halogens is 2. The van der Waals surface area contributed by atoms with E-state index < -0.39 is 0 Å². The molecule has 1 aliphatic heterocycles. The molecule has 3 nitrogen and oxygen atoms in total. The Morgan fingerprint density at radius 2 is 1.95 bits per heavy atom. The van der Waals surface area contributed by atoms with E-state index in [0.29, 0.717) is 22.3 Å². The van der Waals surface area contributed by atoms with Crippen LogP contribution in [0.4, 0.5) is 5.69 Å². The van der Waals surface area contributed by atoms with Crippen LogP contribution in [0.15, 0.2) is 18.2 Å². The summed E-state index contributed by atoms with van der Waals surface area (Å²) in [5.41, 5.74) is 0.628. The summed E-state index contributed by atoms with van der Waals surface area (Å²) in [4.78, 5) is 14.5. The lowest BCUT2D eigenvalue weighted by molar-refractivity contribution is -0.118. The average Bonchev–Trinajstić information content (AvgIpc) is 2.50. The number of nitrogens with zero attached hydrogens (tertiary/aromatic N) is 1. The van der Waals surface area contributed by atoms with Crippen LogP contribution in [0.3, 0.4) is 0 Å². The van der Waals surface area contributed by atoms with Gasteiger partial charge in [0.1, 0.15) is 0 Å². The van der Waals surface area contributed by atoms with Gasteiger partial charge in [0.05, 0.1) is 17.3 Å². The Hall–Kier alpha value is -0.770. The number of hydrogen-bond acceptors (Lipinski definition) is 2. The number of fused-ring (bicyclic) bond motifs is 1. The Kier molecular flexibility index (Phi) is 5.27. The van der Waals surface area contributed by atoms with Gasteiger partial charge in [0.25, 0.3) is 0 Å². The summed E-state index contributed by atoms with van der Waals surface area (Å²) in [7, 11) is 0. The van der Waals surface area contributed by atoms with Crippen LogP contribution in [0.1, 0.15) is 32.1 Å². The highest BCUT2D eigenvalue weighted by atomic mass is 35.5. The Bertz CT molecular complexity index is 549. The quantitative estimate of drug-likeness (QED) is 0.881. The molecule has 2 fully saturated rings. The summed E-state index contributed by atoms with van der Waals surface area (Å²) in [6, 6.07) is 5.12. The summed E-state index contributed by atoms with van der Waals surface area (Å²) in [5, 5.41) is 3.94. The third-order valence-corrected chi connectivity index (χ3v) is 5.50. The zero-order chi connectivity index (χ0) is 15.5. The Balaban J connectivity index is 1.53. The first-order valence-electron chi connectivity index (χ1n) is 8.09. The van der Waals surface area contributed by atoms with Gasteiger partial charge < -0.3 is 5.32 Å². The normalized spacial score (nSPS) is 25.5. The van der Waals surface area contributed by atoms with Crippen molar-refractivity contribution in [1.29, 1.82) is 0 Å². The maximum absolute atomic E-state index is 12.2. The van der Waals surface area contributed by atoms with E-state index in [1.807, 2.05) is 0 Å². The largest absolute Gasteiger partial charge is 0.324 e. The highest BCUT2D eigenvalue weighted by molar-refractivity contribution is 6.36. The molecule has 3 rings (SSSR count). The van der Waals surface area contributed by atoms with Crippen LogP contribution in [0.25, 0.3) is 0 Å². The minimum Gasteiger partial charge on any atom is -0.324 e. The molecule has 1 saturated carbocycles. The maximum Gasteiger partial charge on any atom is 0.238 e. The molecule has 1 aromatic carbocycles. The Morgan fingerprint density at radius 1 is 1.18 bits per heavy atom. The van der Waals surface area contributed by atoms with Crippen molar-refractivity contribution in [3.8, 4) is 0 Å². The summed E-state index contributed by atoms with van der Waals surface area (Å²) in [6.07, 6.45) is 6.68. The van der Waals surface area contributed by atoms with Gasteiger partial charge in [0.15, 0.2) is 0 Å². The fourth-order valence-corrected chi connectivity index (χ4v) is 4.26. The molecule has 1 heterocycles. The van der Waals surface area contributed by atoms with Crippen molar-refractivity contribution in [2.45, 2.75) is 32.1 Å². The van der Waals surface area contributed by atoms with Crippen molar-refractivity contribution >= 4 is 34.8 Å². The van der Waals surface area contributed by atoms with Crippen molar-refractivity contribution in [1.82, 2.24) is 4.90 Å². The number of nitrogens with one attached hydrogen (secondary N) is 1. The zero-order valence-corrected chi connectivity index (χ0v) is 14.2. The molecule has 0 aromatic heterocycles. The average molecular weight is 341 g/mol. The van der Waals surface area contributed by atoms with E-state index in [2.05, 4.69) is 10.2 Å². The standard InChI is InChI=1S/C17H22Cl2N2O/c18-14-5-6-16(15(19)9-14)20-17(22)11-21-8-7-12-3-1-2-4-13(12)10-21/h5-6,9,12-13H,1-4,7-8,10-11H2,(H,20,22)/t12-,13-/m1/s1. The van der Waals surface area contributed by atoms with Crippen LogP contribution in [0, 0.1) is 11.8 Å². The first-order chi connectivity index (χ1) is 10.6. The topological polar surface area (TPSA) is 32.3 Å². The van der Waals surface area contributed by atoms with E-state index in [1.54, 1.807) is 18.2 Å². The van der Waals surface area contributed by atoms with E-state index in [9.17, 15) is 4.79 Å². The number of likely N-dealkylation sites (tertiary alicyclic amines) is 1. The SMILES string of the molecule is O=C(CN1CC[C@H]2CCCC[C@@H]2C1)Nc1ccc(Cl)cc1Cl. The Labute approximate surface area is 142 Å². The maximum atomic E-state index is 12.2. The fourth-order valence-electron chi connectivity index (χ4n) is 3.80. The van der Waals surface area contributed by atoms with Crippen LogP contribution >= 0.6 is 23.2 Å². The third kappa shape index (κ3) is 3.95. The molecule has 0 radical (unpaired) electrons. The van der Waals surface area contributed by atoms with Gasteiger partial charge in [-0.3, -0.25) is 9.69 Å². The smallest absolute Gasteiger partial charge is 0.238 e. The van der Waals surface area contributed by atoms with Gasteiger partial charge in [-0.15, -0.1) is 0 Å². The lowest BCUT2D eigenvalue weighted by Crippen LogP contribution is -2.44. The van der Waals surface area contributed by atoms with Gasteiger partial charge in [-0.05, 0) is 49.4 Å². The van der Waals surface area contributed by atoms with Crippen molar-refractivity contribution < 1.29 is 4.79 Å². The lowest BCUT2D eigenvalue weighted by Gasteiger charge is -2.41. The van der Waals surface area contributed by atoms with E-state index in [-0.39, 0.29) is 5.91 Å². The molecule has 1 aromatic rings. The highest BCUT2D eigenvalue weighted by Gasteiger charge is 2.31. The van der Waals surface area contributed by atoms with Gasteiger partial charge in [-0.25, -0.2) is 0 Å². The van der Waals surface area contributed by atoms with Crippen LogP contribution in [0.5, 0.6) is 0 Å². The minimum atomic E-state index is -0.00141. The van der Waals surface area contributed by atoms with Crippen molar-refractivity contribution in [2.75, 3.05) is 25.0 Å². The first-order valence-corrected chi connectivity index (χ1v) is 8.84. The summed E-state index contributed by atoms with van der Waals surface area (Å²) >= 11 is 12.0. The molecule has 0 spiro atoms. The van der Waals surface area contributed by atoms with E-state index in [1.165, 1.54) is 32.1 Å². The Morgan fingerprint density at radius 3 is 2.73 bits per heavy atom. The molecule has 22 heavy (non-hydrogen) atoms. The number of carbonyl (C=O) groups excluding carboxylic acids is 1. The lowest BCUT2D eigenvalue weighted by atomic mass is 9.75. The van der Waals surface area contributed by atoms with Gasteiger partial charge in [0, 0.05) is 11.6 Å². The molecular weight excluding hydrogens is 319 g/mol. The zero-order valence-electron chi connectivity index (χ0n) is 12.7. The molecule has 0 bridgehead atoms. The molecule has 0 unspecified atom stereocenters. The third-order valence-electron chi connectivity index (χ3n) is 4.95. The highest BCUT2D eigenvalue weighted by Crippen LogP contribution is 2.36. The number of carbonyl (C=O) groups is 1. The van der Waals surface area contributed by atoms with Crippen molar-refractivity contribution in [3.05, 3.63) is 28.2 Å². The molecule has 1 N–H and O–H groups in total. The van der Waals surface area contributed by atoms with Crippen LogP contribution in [-0.4, -0.2) is 30.4 Å². The second-order valence-corrected chi connectivity index (χ2v) is 7.34. The predicted octanol–water partition coefficient (Wildman–Crippen LogP) is 4.44. The fraction of sp³-hybridized carbons (Fsp3) is 0.588. The van der Waals surface area contributed by atoms with E-state index in [4.69, 9.17) is 23.2 Å². The van der Waals surface area contributed by atoms with Crippen LogP contribution < -0.4 is 5.32 Å². The van der Waals surface area contributed by atoms with Gasteiger partial charge >= 0.3 is 0 Å². The second kappa shape index (κ2) is 7.20. The van der Waals surface area contributed by atoms with E-state index >= 15 is 0 Å². The predicted molar refractivity (Wildman–Crippen MR) is 91.6 cm³/mol. The molecule has 1 saturated heterocycles. The molecule has 5 heteroatoms. The van der Waals surface area contributed by atoms with Crippen molar-refractivity contribution in [2.24, 2.45) is 11.8 Å². The number of benzene rings is 1. The molecule has 1 aliphatic carbocycles. The summed E-state index contributed by atoms with van der Waals surface area (Å²) in [5.74, 6) is 1.67. The number of anilines is 1. The minimum absolute atomic E-state index is 0.00141. The molecular formula is C17H22Cl2N2O. The van der Waals surface area contributed by atoms with Crippen molar-refractivity contribution in [3.63, 3.8) is 0 Å². The van der Waals surface area contributed by atoms with Gasteiger partial charge in [0.2, 0.25) is 5.91 Å². The van der Waals surface area contributed by atoms with E-state index in [0.717, 1.165) is 24.9 Å². The monoisotopic (exact) mass is 340 g/mol. The molecule has 2 atom stereocenters. The summed E-state index contributed by atoms with van der Waals surface area (Å²) < 4.78 is 0. The van der Waals surface area contributed by atoms with Crippen LogP contribution in [0.2, 0.25) is 10.0 Å². The van der Waals surface area contributed by atoms with Gasteiger partial charge in [-0.1, -0.05) is 42.5 Å². The first kappa shape index (κ1) is 16.1. The van der Waals surface area contributed by atoms with Crippen LogP contribution in [-0.2, 0) is 4.79 Å². The molecule has 2 aliphatic rings. The molecule has 120 valence electrons. The molecule has 1 amide bonds. The van der Waals surface area contributed by atoms with Gasteiger partial charge in [-0.2, -0.15) is 0 Å². The number of hydrogen-bond donors (Lipinski definition) is 1. The number of amides is 1. The number of rotatable bonds is 3. The second-order valence-electron chi connectivity index (χ2n) is 6.50.